The molecular weight excluding hydrogens is 261 g/mol. The van der Waals surface area contributed by atoms with E-state index in [1.807, 2.05) is 13.8 Å². The van der Waals surface area contributed by atoms with Crippen LogP contribution in [0.5, 0.6) is 0 Å². The van der Waals surface area contributed by atoms with E-state index in [2.05, 4.69) is 4.98 Å². The Bertz CT molecular complexity index is 395. The molecule has 0 spiro atoms. The molecule has 0 radical (unpaired) electrons. The van der Waals surface area contributed by atoms with E-state index < -0.39 is 0 Å². The van der Waals surface area contributed by atoms with Crippen LogP contribution < -0.4 is 5.73 Å². The third kappa shape index (κ3) is 3.63. The van der Waals surface area contributed by atoms with Crippen molar-refractivity contribution in [3.8, 4) is 0 Å². The molecule has 4 nitrogen and oxygen atoms in total. The van der Waals surface area contributed by atoms with Gasteiger partial charge in [-0.1, -0.05) is 37.0 Å². The fourth-order valence-electron chi connectivity index (χ4n) is 1.50. The summed E-state index contributed by atoms with van der Waals surface area (Å²) < 4.78 is 0. The van der Waals surface area contributed by atoms with Crippen LogP contribution >= 0.6 is 23.2 Å². The maximum atomic E-state index is 12.0. The van der Waals surface area contributed by atoms with Crippen molar-refractivity contribution in [1.29, 1.82) is 0 Å². The van der Waals surface area contributed by atoms with Crippen molar-refractivity contribution in [2.24, 2.45) is 11.1 Å². The summed E-state index contributed by atoms with van der Waals surface area (Å²) in [5, 5.41) is 0.628. The number of rotatable bonds is 4. The molecule has 0 bridgehead atoms. The molecule has 0 aliphatic heterocycles. The lowest BCUT2D eigenvalue weighted by atomic mass is 9.93. The molecule has 0 saturated carbocycles. The summed E-state index contributed by atoms with van der Waals surface area (Å²) >= 11 is 11.5. The number of carbonyl (C=O) groups is 1. The van der Waals surface area contributed by atoms with Crippen molar-refractivity contribution in [3.63, 3.8) is 0 Å². The SMILES string of the molecule is CN(CC(C)(C)CN)C(=O)c1cc(Cl)c(Cl)[nH]1. The molecule has 0 atom stereocenters. The predicted molar refractivity (Wildman–Crippen MR) is 70.6 cm³/mol. The summed E-state index contributed by atoms with van der Waals surface area (Å²) in [6.07, 6.45) is 0. The highest BCUT2D eigenvalue weighted by Gasteiger charge is 2.23. The Morgan fingerprint density at radius 1 is 1.53 bits per heavy atom. The average molecular weight is 278 g/mol. The molecule has 0 fully saturated rings. The zero-order valence-electron chi connectivity index (χ0n) is 10.2. The van der Waals surface area contributed by atoms with Crippen LogP contribution in [0, 0.1) is 5.41 Å². The van der Waals surface area contributed by atoms with Gasteiger partial charge in [0.25, 0.3) is 5.91 Å². The predicted octanol–water partition coefficient (Wildman–Crippen LogP) is 2.38. The van der Waals surface area contributed by atoms with Crippen LogP contribution in [0.25, 0.3) is 0 Å². The molecule has 1 rings (SSSR count). The highest BCUT2D eigenvalue weighted by molar-refractivity contribution is 6.41. The Kier molecular flexibility index (Phi) is 4.47. The number of halogens is 2. The standard InChI is InChI=1S/C11H17Cl2N3O/c1-11(2,5-14)6-16(3)10(17)8-4-7(12)9(13)15-8/h4,15H,5-6,14H2,1-3H3. The fraction of sp³-hybridized carbons (Fsp3) is 0.545. The third-order valence-corrected chi connectivity index (χ3v) is 3.21. The normalized spacial score (nSPS) is 11.6. The number of nitrogens with one attached hydrogen (secondary N) is 1. The van der Waals surface area contributed by atoms with Gasteiger partial charge >= 0.3 is 0 Å². The Balaban J connectivity index is 2.77. The van der Waals surface area contributed by atoms with E-state index in [-0.39, 0.29) is 16.5 Å². The van der Waals surface area contributed by atoms with Crippen LogP contribution in [0.2, 0.25) is 10.2 Å². The van der Waals surface area contributed by atoms with Gasteiger partial charge in [0.15, 0.2) is 0 Å². The van der Waals surface area contributed by atoms with E-state index in [4.69, 9.17) is 28.9 Å². The van der Waals surface area contributed by atoms with Crippen LogP contribution in [-0.4, -0.2) is 35.9 Å². The van der Waals surface area contributed by atoms with Gasteiger partial charge in [0.2, 0.25) is 0 Å². The molecule has 0 unspecified atom stereocenters. The number of hydrogen-bond donors (Lipinski definition) is 2. The first-order chi connectivity index (χ1) is 7.76. The summed E-state index contributed by atoms with van der Waals surface area (Å²) in [5.74, 6) is -0.152. The first-order valence-electron chi connectivity index (χ1n) is 5.26. The molecule has 0 aliphatic rings. The highest BCUT2D eigenvalue weighted by atomic mass is 35.5. The summed E-state index contributed by atoms with van der Waals surface area (Å²) in [5.41, 5.74) is 5.90. The maximum absolute atomic E-state index is 12.0. The Hall–Kier alpha value is -0.710. The number of H-pyrrole nitrogens is 1. The van der Waals surface area contributed by atoms with E-state index in [9.17, 15) is 4.79 Å². The first kappa shape index (κ1) is 14.4. The van der Waals surface area contributed by atoms with Gasteiger partial charge in [-0.3, -0.25) is 4.79 Å². The summed E-state index contributed by atoms with van der Waals surface area (Å²) in [4.78, 5) is 16.4. The lowest BCUT2D eigenvalue weighted by Crippen LogP contribution is -2.39. The molecule has 0 saturated heterocycles. The number of aromatic amines is 1. The first-order valence-corrected chi connectivity index (χ1v) is 6.02. The second-order valence-corrected chi connectivity index (χ2v) is 5.66. The van der Waals surface area contributed by atoms with E-state index >= 15 is 0 Å². The van der Waals surface area contributed by atoms with E-state index in [1.165, 1.54) is 6.07 Å². The highest BCUT2D eigenvalue weighted by Crippen LogP contribution is 2.23. The lowest BCUT2D eigenvalue weighted by Gasteiger charge is -2.28. The smallest absolute Gasteiger partial charge is 0.270 e. The zero-order valence-corrected chi connectivity index (χ0v) is 11.7. The molecule has 6 heteroatoms. The monoisotopic (exact) mass is 277 g/mol. The van der Waals surface area contributed by atoms with Gasteiger partial charge < -0.3 is 15.6 Å². The van der Waals surface area contributed by atoms with Crippen LogP contribution in [0.1, 0.15) is 24.3 Å². The van der Waals surface area contributed by atoms with Gasteiger partial charge in [-0.2, -0.15) is 0 Å². The lowest BCUT2D eigenvalue weighted by molar-refractivity contribution is 0.0735. The molecule has 1 aromatic rings. The number of aromatic nitrogens is 1. The van der Waals surface area contributed by atoms with E-state index in [0.717, 1.165) is 0 Å². The van der Waals surface area contributed by atoms with Crippen molar-refractivity contribution in [3.05, 3.63) is 21.9 Å². The molecule has 17 heavy (non-hydrogen) atoms. The summed E-state index contributed by atoms with van der Waals surface area (Å²) in [6, 6.07) is 1.53. The minimum atomic E-state index is -0.152. The van der Waals surface area contributed by atoms with Crippen molar-refractivity contribution >= 4 is 29.1 Å². The fourth-order valence-corrected chi connectivity index (χ4v) is 1.82. The topological polar surface area (TPSA) is 62.1 Å². The van der Waals surface area contributed by atoms with Crippen LogP contribution in [0.15, 0.2) is 6.07 Å². The second kappa shape index (κ2) is 5.29. The third-order valence-electron chi connectivity index (χ3n) is 2.52. The number of hydrogen-bond acceptors (Lipinski definition) is 2. The Morgan fingerprint density at radius 3 is 2.53 bits per heavy atom. The summed E-state index contributed by atoms with van der Waals surface area (Å²) in [7, 11) is 1.72. The van der Waals surface area contributed by atoms with Gasteiger partial charge in [0.1, 0.15) is 10.8 Å². The second-order valence-electron chi connectivity index (χ2n) is 4.87. The molecule has 0 aliphatic carbocycles. The largest absolute Gasteiger partial charge is 0.340 e. The molecular formula is C11H17Cl2N3O. The van der Waals surface area contributed by atoms with Crippen LogP contribution in [0.4, 0.5) is 0 Å². The minimum Gasteiger partial charge on any atom is -0.340 e. The van der Waals surface area contributed by atoms with Crippen LogP contribution in [-0.2, 0) is 0 Å². The summed E-state index contributed by atoms with van der Waals surface area (Å²) in [6.45, 7) is 5.09. The van der Waals surface area contributed by atoms with Gasteiger partial charge in [0.05, 0.1) is 5.02 Å². The van der Waals surface area contributed by atoms with Crippen LogP contribution in [0.3, 0.4) is 0 Å². The number of nitrogens with zero attached hydrogens (tertiary/aromatic N) is 1. The molecule has 3 N–H and O–H groups in total. The number of carbonyl (C=O) groups excluding carboxylic acids is 1. The quantitative estimate of drug-likeness (QED) is 0.888. The van der Waals surface area contributed by atoms with Crippen molar-refractivity contribution < 1.29 is 4.79 Å². The molecule has 96 valence electrons. The van der Waals surface area contributed by atoms with E-state index in [0.29, 0.717) is 23.8 Å². The van der Waals surface area contributed by atoms with E-state index in [1.54, 1.807) is 11.9 Å². The van der Waals surface area contributed by atoms with Crippen molar-refractivity contribution in [2.75, 3.05) is 20.1 Å². The van der Waals surface area contributed by atoms with Crippen molar-refractivity contribution in [1.82, 2.24) is 9.88 Å². The van der Waals surface area contributed by atoms with Gasteiger partial charge in [-0.05, 0) is 18.0 Å². The Labute approximate surface area is 111 Å². The molecule has 0 aromatic carbocycles. The van der Waals surface area contributed by atoms with Gasteiger partial charge in [-0.25, -0.2) is 0 Å². The molecule has 1 aromatic heterocycles. The zero-order chi connectivity index (χ0) is 13.2. The van der Waals surface area contributed by atoms with Crippen molar-refractivity contribution in [2.45, 2.75) is 13.8 Å². The minimum absolute atomic E-state index is 0.120. The molecule has 1 amide bonds. The Morgan fingerprint density at radius 2 is 2.12 bits per heavy atom. The number of amides is 1. The molecule has 1 heterocycles. The van der Waals surface area contributed by atoms with Gasteiger partial charge in [0, 0.05) is 13.6 Å². The maximum Gasteiger partial charge on any atom is 0.270 e. The van der Waals surface area contributed by atoms with Gasteiger partial charge in [-0.15, -0.1) is 0 Å². The number of nitrogens with two attached hydrogens (primary N) is 1. The average Bonchev–Trinajstić information content (AvgIpc) is 2.57.